The van der Waals surface area contributed by atoms with Crippen molar-refractivity contribution in [3.05, 3.63) is 32.6 Å². The predicted octanol–water partition coefficient (Wildman–Crippen LogP) is -1.10. The minimum atomic E-state index is -1.22. The highest BCUT2D eigenvalue weighted by Crippen LogP contribution is 2.30. The van der Waals surface area contributed by atoms with Crippen LogP contribution in [0.4, 0.5) is 0 Å². The normalized spacial score (nSPS) is 19.2. The lowest BCUT2D eigenvalue weighted by molar-refractivity contribution is -0.152. The van der Waals surface area contributed by atoms with Gasteiger partial charge >= 0.3 is 17.6 Å². The summed E-state index contributed by atoms with van der Waals surface area (Å²) in [5.41, 5.74) is 1.72. The number of hydrogen-bond acceptors (Lipinski definition) is 6. The third kappa shape index (κ3) is 4.43. The van der Waals surface area contributed by atoms with Gasteiger partial charge in [-0.25, -0.2) is 10.2 Å². The molecule has 1 heterocycles. The van der Waals surface area contributed by atoms with Gasteiger partial charge in [-0.1, -0.05) is 0 Å². The summed E-state index contributed by atoms with van der Waals surface area (Å²) in [7, 11) is 0. The zero-order valence-electron chi connectivity index (χ0n) is 13.9. The van der Waals surface area contributed by atoms with Crippen molar-refractivity contribution >= 4 is 23.6 Å². The molecule has 140 valence electrons. The molecule has 1 aliphatic rings. The van der Waals surface area contributed by atoms with E-state index in [-0.39, 0.29) is 31.5 Å². The average molecular weight is 366 g/mol. The van der Waals surface area contributed by atoms with Gasteiger partial charge in [-0.2, -0.15) is 5.10 Å². The molecular formula is C15H18N4O7. The second kappa shape index (κ2) is 7.76. The highest BCUT2D eigenvalue weighted by Gasteiger charge is 2.41. The van der Waals surface area contributed by atoms with Gasteiger partial charge in [-0.05, 0) is 6.92 Å². The number of hydrogen-bond donors (Lipinski definition) is 4. The van der Waals surface area contributed by atoms with Crippen LogP contribution < -0.4 is 16.7 Å². The number of rotatable bonds is 6. The van der Waals surface area contributed by atoms with Gasteiger partial charge in [0.25, 0.3) is 5.56 Å². The Bertz CT molecular complexity index is 859. The van der Waals surface area contributed by atoms with Gasteiger partial charge in [0.15, 0.2) is 0 Å². The number of nitrogens with one attached hydrogen (secondary N) is 2. The van der Waals surface area contributed by atoms with Gasteiger partial charge in [0, 0.05) is 43.3 Å². The number of H-pyrrole nitrogens is 1. The Morgan fingerprint density at radius 1 is 1.23 bits per heavy atom. The zero-order chi connectivity index (χ0) is 19.4. The molecule has 1 aliphatic carbocycles. The number of aromatic amines is 1. The van der Waals surface area contributed by atoms with Crippen molar-refractivity contribution < 1.29 is 24.6 Å². The Morgan fingerprint density at radius 3 is 2.35 bits per heavy atom. The van der Waals surface area contributed by atoms with Crippen molar-refractivity contribution in [3.8, 4) is 0 Å². The van der Waals surface area contributed by atoms with Crippen LogP contribution in [0.3, 0.4) is 0 Å². The molecule has 11 nitrogen and oxygen atoms in total. The summed E-state index contributed by atoms with van der Waals surface area (Å²) < 4.78 is 1.18. The lowest BCUT2D eigenvalue weighted by Gasteiger charge is -2.08. The van der Waals surface area contributed by atoms with Crippen molar-refractivity contribution in [1.29, 1.82) is 0 Å². The monoisotopic (exact) mass is 366 g/mol. The molecule has 1 amide bonds. The van der Waals surface area contributed by atoms with E-state index in [1.165, 1.54) is 17.7 Å². The van der Waals surface area contributed by atoms with Crippen LogP contribution in [-0.2, 0) is 20.9 Å². The summed E-state index contributed by atoms with van der Waals surface area (Å²) in [4.78, 5) is 59.0. The van der Waals surface area contributed by atoms with Crippen molar-refractivity contribution in [2.75, 3.05) is 0 Å². The van der Waals surface area contributed by atoms with Crippen molar-refractivity contribution in [3.63, 3.8) is 0 Å². The molecule has 0 unspecified atom stereocenters. The molecular weight excluding hydrogens is 348 g/mol. The van der Waals surface area contributed by atoms with Gasteiger partial charge in [0.2, 0.25) is 5.91 Å². The smallest absolute Gasteiger partial charge is 0.328 e. The summed E-state index contributed by atoms with van der Waals surface area (Å²) in [5.74, 6) is -5.13. The molecule has 0 bridgehead atoms. The molecule has 0 radical (unpaired) electrons. The minimum Gasteiger partial charge on any atom is -0.481 e. The number of aryl methyl sites for hydroxylation is 2. The molecule has 2 rings (SSSR count). The van der Waals surface area contributed by atoms with E-state index in [9.17, 15) is 24.0 Å². The summed E-state index contributed by atoms with van der Waals surface area (Å²) in [6, 6.07) is 0. The first kappa shape index (κ1) is 19.1. The fraction of sp³-hybridized carbons (Fsp3) is 0.467. The zero-order valence-corrected chi connectivity index (χ0v) is 13.9. The van der Waals surface area contributed by atoms with E-state index in [1.807, 2.05) is 0 Å². The van der Waals surface area contributed by atoms with Gasteiger partial charge in [-0.3, -0.25) is 28.7 Å². The number of carboxylic acid groups (broad SMARTS) is 2. The lowest BCUT2D eigenvalue weighted by Crippen LogP contribution is -2.32. The molecule has 0 aromatic carbocycles. The summed E-state index contributed by atoms with van der Waals surface area (Å²) in [5, 5.41) is 21.9. The quantitative estimate of drug-likeness (QED) is 0.463. The van der Waals surface area contributed by atoms with Crippen molar-refractivity contribution in [1.82, 2.24) is 15.0 Å². The fourth-order valence-corrected chi connectivity index (χ4v) is 2.69. The highest BCUT2D eigenvalue weighted by atomic mass is 16.4. The third-order valence-electron chi connectivity index (χ3n) is 4.14. The number of carbonyl (C=O) groups excluding carboxylic acids is 1. The maximum Gasteiger partial charge on any atom is 0.328 e. The van der Waals surface area contributed by atoms with Crippen LogP contribution >= 0.6 is 0 Å². The number of aromatic nitrogens is 2. The Balaban J connectivity index is 1.95. The number of carbonyl (C=O) groups is 3. The highest BCUT2D eigenvalue weighted by molar-refractivity contribution is 5.97. The van der Waals surface area contributed by atoms with E-state index in [0.717, 1.165) is 0 Å². The fourth-order valence-electron chi connectivity index (χ4n) is 2.69. The number of carboxylic acids is 2. The number of nitrogens with zero attached hydrogens (tertiary/aromatic N) is 2. The summed E-state index contributed by atoms with van der Waals surface area (Å²) in [6.07, 6.45) is 1.13. The maximum absolute atomic E-state index is 11.8. The third-order valence-corrected chi connectivity index (χ3v) is 4.14. The van der Waals surface area contributed by atoms with E-state index >= 15 is 0 Å². The summed E-state index contributed by atoms with van der Waals surface area (Å²) in [6.45, 7) is 1.54. The summed E-state index contributed by atoms with van der Waals surface area (Å²) >= 11 is 0. The molecule has 0 saturated heterocycles. The molecule has 4 N–H and O–H groups in total. The Hall–Kier alpha value is -3.24. The molecule has 2 atom stereocenters. The first-order chi connectivity index (χ1) is 12.2. The van der Waals surface area contributed by atoms with Crippen LogP contribution in [0.5, 0.6) is 0 Å². The van der Waals surface area contributed by atoms with Crippen LogP contribution in [0.2, 0.25) is 0 Å². The Kier molecular flexibility index (Phi) is 5.70. The average Bonchev–Trinajstić information content (AvgIpc) is 3.00. The first-order valence-electron chi connectivity index (χ1n) is 7.79. The van der Waals surface area contributed by atoms with E-state index in [1.54, 1.807) is 0 Å². The van der Waals surface area contributed by atoms with Crippen molar-refractivity contribution in [2.24, 2.45) is 16.9 Å². The molecule has 1 saturated carbocycles. The lowest BCUT2D eigenvalue weighted by atomic mass is 9.97. The van der Waals surface area contributed by atoms with Gasteiger partial charge < -0.3 is 10.2 Å². The van der Waals surface area contributed by atoms with Gasteiger partial charge in [-0.15, -0.1) is 0 Å². The number of aliphatic carboxylic acids is 2. The van der Waals surface area contributed by atoms with E-state index in [0.29, 0.717) is 5.56 Å². The molecule has 0 aliphatic heterocycles. The molecule has 1 aromatic rings. The first-order valence-corrected chi connectivity index (χ1v) is 7.79. The molecule has 0 spiro atoms. The second-order valence-corrected chi connectivity index (χ2v) is 6.03. The SMILES string of the molecule is Cc1cn(CCC(=O)NN=C2C[C@@H](C(=O)O)[C@H](C(=O)O)C2)c(=O)[nH]c1=O. The van der Waals surface area contributed by atoms with Crippen LogP contribution in [0.25, 0.3) is 0 Å². The number of amides is 1. The Morgan fingerprint density at radius 2 is 1.81 bits per heavy atom. The molecule has 11 heteroatoms. The predicted molar refractivity (Wildman–Crippen MR) is 87.7 cm³/mol. The standard InChI is InChI=1S/C15H18N4O7/c1-7-6-19(15(26)16-12(7)21)3-2-11(20)18-17-8-4-9(13(22)23)10(5-8)14(24)25/h6,9-10H,2-5H2,1H3,(H,18,20)(H,22,23)(H,24,25)(H,16,21,26)/t9-,10-/m1/s1. The van der Waals surface area contributed by atoms with Crippen LogP contribution in [-0.4, -0.2) is 43.3 Å². The van der Waals surface area contributed by atoms with E-state index < -0.39 is 40.9 Å². The largest absolute Gasteiger partial charge is 0.481 e. The minimum absolute atomic E-state index is 0.0165. The van der Waals surface area contributed by atoms with Crippen molar-refractivity contribution in [2.45, 2.75) is 32.7 Å². The number of hydrazone groups is 1. The maximum atomic E-state index is 11.8. The molecule has 1 fully saturated rings. The molecule has 1 aromatic heterocycles. The van der Waals surface area contributed by atoms with Gasteiger partial charge in [0.1, 0.15) is 0 Å². The second-order valence-electron chi connectivity index (χ2n) is 6.03. The van der Waals surface area contributed by atoms with E-state index in [4.69, 9.17) is 10.2 Å². The topological polar surface area (TPSA) is 171 Å². The molecule has 26 heavy (non-hydrogen) atoms. The van der Waals surface area contributed by atoms with Crippen LogP contribution in [0, 0.1) is 18.8 Å². The van der Waals surface area contributed by atoms with Crippen LogP contribution in [0.1, 0.15) is 24.8 Å². The Labute approximate surface area is 146 Å². The van der Waals surface area contributed by atoms with Gasteiger partial charge in [0.05, 0.1) is 11.8 Å². The van der Waals surface area contributed by atoms with E-state index in [2.05, 4.69) is 15.5 Å². The van der Waals surface area contributed by atoms with Crippen LogP contribution in [0.15, 0.2) is 20.9 Å².